The van der Waals surface area contributed by atoms with E-state index in [-0.39, 0.29) is 6.10 Å². The van der Waals surface area contributed by atoms with Crippen molar-refractivity contribution in [3.05, 3.63) is 45.1 Å². The monoisotopic (exact) mass is 356 g/mol. The predicted octanol–water partition coefficient (Wildman–Crippen LogP) is 3.97. The zero-order valence-corrected chi connectivity index (χ0v) is 13.3. The van der Waals surface area contributed by atoms with Crippen molar-refractivity contribution in [2.75, 3.05) is 5.75 Å². The summed E-state index contributed by atoms with van der Waals surface area (Å²) in [6.45, 7) is 0. The number of aliphatic hydroxyl groups excluding tert-OH is 1. The molecule has 1 aromatic heterocycles. The zero-order chi connectivity index (χ0) is 13.2. The van der Waals surface area contributed by atoms with Crippen LogP contribution >= 0.6 is 39.0 Å². The summed E-state index contributed by atoms with van der Waals surface area (Å²) in [5.41, 5.74) is 0. The first-order valence-corrected chi connectivity index (χ1v) is 8.62. The van der Waals surface area contributed by atoms with Crippen molar-refractivity contribution in [2.45, 2.75) is 23.5 Å². The van der Waals surface area contributed by atoms with E-state index in [9.17, 15) is 5.11 Å². The number of halogens is 1. The molecule has 0 aliphatic carbocycles. The number of para-hydroxylation sites is 1. The van der Waals surface area contributed by atoms with Crippen LogP contribution in [0.3, 0.4) is 0 Å². The van der Waals surface area contributed by atoms with Crippen LogP contribution in [0.2, 0.25) is 0 Å². The lowest BCUT2D eigenvalue weighted by molar-refractivity contribution is 0.0474. The SMILES string of the molecule is OC(Cc1ccc(Br)s1)C1CSc2ccccc2O1. The molecule has 100 valence electrons. The Labute approximate surface area is 128 Å². The number of rotatable bonds is 3. The second kappa shape index (κ2) is 5.87. The third-order valence-corrected chi connectivity index (χ3v) is 5.79. The first-order chi connectivity index (χ1) is 9.22. The van der Waals surface area contributed by atoms with Crippen LogP contribution < -0.4 is 4.74 Å². The van der Waals surface area contributed by atoms with Gasteiger partial charge in [0.2, 0.25) is 0 Å². The fraction of sp³-hybridized carbons (Fsp3) is 0.286. The maximum atomic E-state index is 10.3. The Balaban J connectivity index is 1.67. The van der Waals surface area contributed by atoms with Crippen molar-refractivity contribution in [1.29, 1.82) is 0 Å². The number of thioether (sulfide) groups is 1. The Morgan fingerprint density at radius 2 is 2.16 bits per heavy atom. The molecule has 3 rings (SSSR count). The molecule has 1 aliphatic heterocycles. The molecular formula is C14H13BrO2S2. The maximum Gasteiger partial charge on any atom is 0.134 e. The standard InChI is InChI=1S/C14H13BrO2S2/c15-14-6-5-9(19-14)7-10(16)12-8-18-13-4-2-1-3-11(13)17-12/h1-6,10,12,16H,7-8H2. The molecule has 2 aromatic rings. The Morgan fingerprint density at radius 1 is 1.32 bits per heavy atom. The minimum absolute atomic E-state index is 0.138. The van der Waals surface area contributed by atoms with Gasteiger partial charge in [-0.2, -0.15) is 0 Å². The highest BCUT2D eigenvalue weighted by molar-refractivity contribution is 9.11. The second-order valence-corrected chi connectivity index (χ2v) is 8.00. The summed E-state index contributed by atoms with van der Waals surface area (Å²) in [5, 5.41) is 10.3. The molecule has 1 N–H and O–H groups in total. The molecule has 5 heteroatoms. The minimum Gasteiger partial charge on any atom is -0.486 e. The number of thiophene rings is 1. The van der Waals surface area contributed by atoms with Crippen molar-refractivity contribution in [2.24, 2.45) is 0 Å². The van der Waals surface area contributed by atoms with Gasteiger partial charge >= 0.3 is 0 Å². The molecule has 1 aromatic carbocycles. The quantitative estimate of drug-likeness (QED) is 0.902. The van der Waals surface area contributed by atoms with E-state index in [0.29, 0.717) is 6.42 Å². The van der Waals surface area contributed by atoms with E-state index in [1.807, 2.05) is 30.3 Å². The lowest BCUT2D eigenvalue weighted by Gasteiger charge is -2.28. The number of hydrogen-bond acceptors (Lipinski definition) is 4. The number of aliphatic hydroxyl groups is 1. The van der Waals surface area contributed by atoms with Gasteiger partial charge in [0.05, 0.1) is 9.89 Å². The molecule has 0 fully saturated rings. The molecule has 2 heterocycles. The molecule has 2 atom stereocenters. The number of hydrogen-bond donors (Lipinski definition) is 1. The molecule has 0 saturated carbocycles. The minimum atomic E-state index is -0.466. The second-order valence-electron chi connectivity index (χ2n) is 4.39. The Bertz CT molecular complexity index is 570. The first kappa shape index (κ1) is 13.5. The summed E-state index contributed by atoms with van der Waals surface area (Å²) in [5.74, 6) is 1.68. The molecule has 1 aliphatic rings. The van der Waals surface area contributed by atoms with Crippen LogP contribution in [0.15, 0.2) is 45.1 Å². The van der Waals surface area contributed by atoms with Crippen molar-refractivity contribution in [3.8, 4) is 5.75 Å². The fourth-order valence-corrected chi connectivity index (χ4v) is 4.62. The highest BCUT2D eigenvalue weighted by Crippen LogP contribution is 2.36. The summed E-state index contributed by atoms with van der Waals surface area (Å²) in [4.78, 5) is 2.33. The molecule has 2 unspecified atom stereocenters. The molecule has 0 spiro atoms. The van der Waals surface area contributed by atoms with E-state index in [0.717, 1.165) is 20.2 Å². The topological polar surface area (TPSA) is 29.5 Å². The van der Waals surface area contributed by atoms with Gasteiger partial charge in [0.25, 0.3) is 0 Å². The number of benzene rings is 1. The summed E-state index contributed by atoms with van der Waals surface area (Å²) >= 11 is 6.85. The van der Waals surface area contributed by atoms with Crippen molar-refractivity contribution in [1.82, 2.24) is 0 Å². The maximum absolute atomic E-state index is 10.3. The third kappa shape index (κ3) is 3.16. The Morgan fingerprint density at radius 3 is 2.95 bits per heavy atom. The van der Waals surface area contributed by atoms with Gasteiger partial charge in [-0.25, -0.2) is 0 Å². The number of ether oxygens (including phenoxy) is 1. The Kier molecular flexibility index (Phi) is 4.17. The van der Waals surface area contributed by atoms with Crippen LogP contribution in [-0.4, -0.2) is 23.1 Å². The van der Waals surface area contributed by atoms with E-state index < -0.39 is 6.10 Å². The van der Waals surface area contributed by atoms with Gasteiger partial charge in [-0.3, -0.25) is 0 Å². The van der Waals surface area contributed by atoms with Crippen LogP contribution in [0.1, 0.15) is 4.88 Å². The van der Waals surface area contributed by atoms with E-state index >= 15 is 0 Å². The molecule has 2 nitrogen and oxygen atoms in total. The predicted molar refractivity (Wildman–Crippen MR) is 83.3 cm³/mol. The van der Waals surface area contributed by atoms with E-state index in [1.54, 1.807) is 23.1 Å². The van der Waals surface area contributed by atoms with Crippen LogP contribution in [0, 0.1) is 0 Å². The van der Waals surface area contributed by atoms with E-state index in [4.69, 9.17) is 4.74 Å². The van der Waals surface area contributed by atoms with Crippen molar-refractivity contribution < 1.29 is 9.84 Å². The highest BCUT2D eigenvalue weighted by Gasteiger charge is 2.27. The smallest absolute Gasteiger partial charge is 0.134 e. The van der Waals surface area contributed by atoms with Gasteiger partial charge in [-0.05, 0) is 40.2 Å². The van der Waals surface area contributed by atoms with E-state index in [2.05, 4.69) is 22.0 Å². The van der Waals surface area contributed by atoms with Crippen LogP contribution in [0.4, 0.5) is 0 Å². The molecular weight excluding hydrogens is 344 g/mol. The summed E-state index contributed by atoms with van der Waals surface area (Å²) in [6, 6.07) is 12.0. The number of fused-ring (bicyclic) bond motifs is 1. The lowest BCUT2D eigenvalue weighted by Crippen LogP contribution is -2.37. The van der Waals surface area contributed by atoms with Gasteiger partial charge in [0.15, 0.2) is 0 Å². The first-order valence-electron chi connectivity index (χ1n) is 6.03. The zero-order valence-electron chi connectivity index (χ0n) is 10.1. The molecule has 0 bridgehead atoms. The van der Waals surface area contributed by atoms with Crippen LogP contribution in [-0.2, 0) is 6.42 Å². The molecule has 19 heavy (non-hydrogen) atoms. The van der Waals surface area contributed by atoms with Crippen LogP contribution in [0.25, 0.3) is 0 Å². The molecule has 0 amide bonds. The van der Waals surface area contributed by atoms with Crippen molar-refractivity contribution >= 4 is 39.0 Å². The van der Waals surface area contributed by atoms with Gasteiger partial charge in [-0.15, -0.1) is 23.1 Å². The average Bonchev–Trinajstić information content (AvgIpc) is 2.83. The van der Waals surface area contributed by atoms with Crippen LogP contribution in [0.5, 0.6) is 5.75 Å². The van der Waals surface area contributed by atoms with E-state index in [1.165, 1.54) is 4.88 Å². The Hall–Kier alpha value is -0.490. The summed E-state index contributed by atoms with van der Waals surface area (Å²) in [6.07, 6.45) is 0.0381. The lowest BCUT2D eigenvalue weighted by atomic mass is 10.1. The molecule has 0 radical (unpaired) electrons. The van der Waals surface area contributed by atoms with Gasteiger partial charge < -0.3 is 9.84 Å². The average molecular weight is 357 g/mol. The van der Waals surface area contributed by atoms with Gasteiger partial charge in [0.1, 0.15) is 11.9 Å². The van der Waals surface area contributed by atoms with Crippen molar-refractivity contribution in [3.63, 3.8) is 0 Å². The van der Waals surface area contributed by atoms with Gasteiger partial charge in [-0.1, -0.05) is 12.1 Å². The third-order valence-electron chi connectivity index (χ3n) is 3.00. The summed E-state index contributed by atoms with van der Waals surface area (Å²) in [7, 11) is 0. The highest BCUT2D eigenvalue weighted by atomic mass is 79.9. The normalized spacial score (nSPS) is 19.6. The summed E-state index contributed by atoms with van der Waals surface area (Å²) < 4.78 is 6.99. The largest absolute Gasteiger partial charge is 0.486 e. The molecule has 0 saturated heterocycles. The fourth-order valence-electron chi connectivity index (χ4n) is 2.02. The van der Waals surface area contributed by atoms with Gasteiger partial charge in [0, 0.05) is 21.9 Å².